The number of nitrogens with one attached hydrogen (secondary N) is 1. The summed E-state index contributed by atoms with van der Waals surface area (Å²) < 4.78 is 17.5. The third-order valence-corrected chi connectivity index (χ3v) is 10.5. The molecule has 2 rings (SSSR count). The van der Waals surface area contributed by atoms with Gasteiger partial charge in [0, 0.05) is 0 Å². The Labute approximate surface area is 180 Å². The predicted molar refractivity (Wildman–Crippen MR) is 117 cm³/mol. The highest BCUT2D eigenvalue weighted by Gasteiger charge is 2.40. The van der Waals surface area contributed by atoms with Gasteiger partial charge in [0.15, 0.2) is 14.4 Å². The summed E-state index contributed by atoms with van der Waals surface area (Å²) in [6.45, 7) is 11.1. The SMILES string of the molecule is CC(C)(C)[Si](C)(C)OC[C@H](NC(=O)OCc1ccccc1)[C@H]1CCC[C@@H](C(=O)O)O1. The van der Waals surface area contributed by atoms with Crippen LogP contribution in [0.1, 0.15) is 45.6 Å². The van der Waals surface area contributed by atoms with E-state index in [1.165, 1.54) is 0 Å². The number of benzene rings is 1. The maximum Gasteiger partial charge on any atom is 0.407 e. The first-order valence-electron chi connectivity index (χ1n) is 10.5. The normalized spacial score (nSPS) is 21.0. The molecule has 30 heavy (non-hydrogen) atoms. The molecule has 0 saturated carbocycles. The van der Waals surface area contributed by atoms with Gasteiger partial charge < -0.3 is 24.3 Å². The van der Waals surface area contributed by atoms with Gasteiger partial charge in [0.2, 0.25) is 0 Å². The maximum absolute atomic E-state index is 12.5. The number of carbonyl (C=O) groups excluding carboxylic acids is 1. The zero-order valence-electron chi connectivity index (χ0n) is 18.6. The summed E-state index contributed by atoms with van der Waals surface area (Å²) in [6, 6.07) is 8.95. The minimum Gasteiger partial charge on any atom is -0.479 e. The van der Waals surface area contributed by atoms with E-state index in [1.807, 2.05) is 30.3 Å². The fourth-order valence-electron chi connectivity index (χ4n) is 3.00. The number of amides is 1. The zero-order chi connectivity index (χ0) is 22.4. The lowest BCUT2D eigenvalue weighted by molar-refractivity contribution is -0.161. The molecule has 1 aliphatic heterocycles. The molecule has 8 heteroatoms. The van der Waals surface area contributed by atoms with E-state index in [2.05, 4.69) is 39.2 Å². The number of hydrogen-bond acceptors (Lipinski definition) is 5. The fourth-order valence-corrected chi connectivity index (χ4v) is 4.03. The highest BCUT2D eigenvalue weighted by atomic mass is 28.4. The Balaban J connectivity index is 2.04. The molecule has 0 bridgehead atoms. The van der Waals surface area contributed by atoms with E-state index in [-0.39, 0.29) is 18.3 Å². The van der Waals surface area contributed by atoms with Gasteiger partial charge in [-0.15, -0.1) is 0 Å². The molecule has 3 atom stereocenters. The number of carbonyl (C=O) groups is 2. The molecule has 0 aliphatic carbocycles. The van der Waals surface area contributed by atoms with Crippen LogP contribution in [0.2, 0.25) is 18.1 Å². The molecule has 7 nitrogen and oxygen atoms in total. The van der Waals surface area contributed by atoms with E-state index in [0.717, 1.165) is 12.0 Å². The van der Waals surface area contributed by atoms with Crippen LogP contribution in [-0.2, 0) is 25.3 Å². The Morgan fingerprint density at radius 3 is 2.50 bits per heavy atom. The van der Waals surface area contributed by atoms with Gasteiger partial charge in [0.05, 0.1) is 18.8 Å². The van der Waals surface area contributed by atoms with Crippen molar-refractivity contribution < 1.29 is 28.6 Å². The molecule has 0 unspecified atom stereocenters. The summed E-state index contributed by atoms with van der Waals surface area (Å²) in [4.78, 5) is 23.8. The largest absolute Gasteiger partial charge is 0.479 e. The van der Waals surface area contributed by atoms with Gasteiger partial charge in [0.25, 0.3) is 0 Å². The van der Waals surface area contributed by atoms with E-state index in [4.69, 9.17) is 13.9 Å². The molecule has 2 N–H and O–H groups in total. The van der Waals surface area contributed by atoms with Gasteiger partial charge in [-0.2, -0.15) is 0 Å². The number of carboxylic acids is 1. The number of rotatable bonds is 8. The van der Waals surface area contributed by atoms with Gasteiger partial charge in [-0.1, -0.05) is 51.1 Å². The summed E-state index contributed by atoms with van der Waals surface area (Å²) >= 11 is 0. The second kappa shape index (κ2) is 10.4. The van der Waals surface area contributed by atoms with Crippen molar-refractivity contribution in [1.82, 2.24) is 5.32 Å². The average Bonchev–Trinajstić information content (AvgIpc) is 2.69. The third-order valence-electron chi connectivity index (χ3n) is 5.96. The van der Waals surface area contributed by atoms with E-state index >= 15 is 0 Å². The number of alkyl carbamates (subject to hydrolysis) is 1. The zero-order valence-corrected chi connectivity index (χ0v) is 19.6. The fraction of sp³-hybridized carbons (Fsp3) is 0.636. The first kappa shape index (κ1) is 24.4. The van der Waals surface area contributed by atoms with Crippen LogP contribution in [0.5, 0.6) is 0 Å². The van der Waals surface area contributed by atoms with Crippen molar-refractivity contribution in [3.05, 3.63) is 35.9 Å². The first-order valence-corrected chi connectivity index (χ1v) is 13.4. The number of carboxylic acid groups (broad SMARTS) is 1. The molecular formula is C22H35NO6Si. The van der Waals surface area contributed by atoms with Gasteiger partial charge >= 0.3 is 12.1 Å². The Morgan fingerprint density at radius 2 is 1.90 bits per heavy atom. The highest BCUT2D eigenvalue weighted by Crippen LogP contribution is 2.37. The molecule has 1 saturated heterocycles. The summed E-state index contributed by atoms with van der Waals surface area (Å²) in [5.74, 6) is -0.976. The van der Waals surface area contributed by atoms with Crippen LogP contribution in [0.4, 0.5) is 4.79 Å². The number of aliphatic carboxylic acids is 1. The van der Waals surface area contributed by atoms with Crippen LogP contribution < -0.4 is 5.32 Å². The third kappa shape index (κ3) is 7.11. The van der Waals surface area contributed by atoms with Gasteiger partial charge in [-0.3, -0.25) is 0 Å². The van der Waals surface area contributed by atoms with E-state index < -0.39 is 38.6 Å². The van der Waals surface area contributed by atoms with Crippen molar-refractivity contribution in [2.45, 2.75) is 83.0 Å². The minimum absolute atomic E-state index is 0.0163. The van der Waals surface area contributed by atoms with E-state index in [0.29, 0.717) is 12.8 Å². The first-order chi connectivity index (χ1) is 14.0. The summed E-state index contributed by atoms with van der Waals surface area (Å²) in [5.41, 5.74) is 0.890. The standard InChI is InChI=1S/C22H35NO6Si/c1-22(2,3)30(4,5)28-15-17(18-12-9-13-19(29-18)20(24)25)23-21(26)27-14-16-10-7-6-8-11-16/h6-8,10-11,17-19H,9,12-15H2,1-5H3,(H,23,26)(H,24,25)/t17-,18+,19-/m0/s1. The van der Waals surface area contributed by atoms with Crippen LogP contribution in [0.25, 0.3) is 0 Å². The van der Waals surface area contributed by atoms with Crippen LogP contribution in [0, 0.1) is 0 Å². The molecule has 1 fully saturated rings. The summed E-state index contributed by atoms with van der Waals surface area (Å²) in [5, 5.41) is 12.2. The van der Waals surface area contributed by atoms with Gasteiger partial charge in [-0.25, -0.2) is 9.59 Å². The Bertz CT molecular complexity index is 703. The Hall–Kier alpha value is -1.90. The maximum atomic E-state index is 12.5. The molecule has 1 aromatic carbocycles. The predicted octanol–water partition coefficient (Wildman–Crippen LogP) is 4.33. The second-order valence-corrected chi connectivity index (χ2v) is 14.1. The highest BCUT2D eigenvalue weighted by molar-refractivity contribution is 6.74. The van der Waals surface area contributed by atoms with Gasteiger partial charge in [0.1, 0.15) is 6.61 Å². The van der Waals surface area contributed by atoms with Crippen molar-refractivity contribution >= 4 is 20.4 Å². The van der Waals surface area contributed by atoms with Crippen LogP contribution in [-0.4, -0.2) is 50.3 Å². The molecule has 1 aliphatic rings. The molecule has 1 amide bonds. The lowest BCUT2D eigenvalue weighted by Crippen LogP contribution is -2.53. The Kier molecular flexibility index (Phi) is 8.46. The quantitative estimate of drug-likeness (QED) is 0.588. The molecule has 1 aromatic rings. The second-order valence-electron chi connectivity index (χ2n) is 9.32. The number of hydrogen-bond donors (Lipinski definition) is 2. The molecule has 0 spiro atoms. The van der Waals surface area contributed by atoms with Crippen molar-refractivity contribution in [3.8, 4) is 0 Å². The van der Waals surface area contributed by atoms with Crippen LogP contribution >= 0.6 is 0 Å². The van der Waals surface area contributed by atoms with Gasteiger partial charge in [-0.05, 0) is 43.0 Å². The van der Waals surface area contributed by atoms with E-state index in [9.17, 15) is 14.7 Å². The van der Waals surface area contributed by atoms with Crippen molar-refractivity contribution in [2.75, 3.05) is 6.61 Å². The van der Waals surface area contributed by atoms with E-state index in [1.54, 1.807) is 0 Å². The van der Waals surface area contributed by atoms with Crippen LogP contribution in [0.15, 0.2) is 30.3 Å². The molecule has 168 valence electrons. The molecule has 1 heterocycles. The monoisotopic (exact) mass is 437 g/mol. The summed E-state index contributed by atoms with van der Waals surface area (Å²) in [6.07, 6.45) is -0.00764. The lowest BCUT2D eigenvalue weighted by atomic mass is 9.99. The van der Waals surface area contributed by atoms with Crippen molar-refractivity contribution in [1.29, 1.82) is 0 Å². The number of ether oxygens (including phenoxy) is 2. The smallest absolute Gasteiger partial charge is 0.407 e. The minimum atomic E-state index is -2.06. The summed E-state index contributed by atoms with van der Waals surface area (Å²) in [7, 11) is -2.06. The molecule has 0 radical (unpaired) electrons. The lowest BCUT2D eigenvalue weighted by Gasteiger charge is -2.39. The molecular weight excluding hydrogens is 402 g/mol. The molecule has 0 aromatic heterocycles. The average molecular weight is 438 g/mol. The van der Waals surface area contributed by atoms with Crippen molar-refractivity contribution in [3.63, 3.8) is 0 Å². The van der Waals surface area contributed by atoms with Crippen LogP contribution in [0.3, 0.4) is 0 Å². The van der Waals surface area contributed by atoms with Crippen molar-refractivity contribution in [2.24, 2.45) is 0 Å². The Morgan fingerprint density at radius 1 is 1.23 bits per heavy atom. The topological polar surface area (TPSA) is 94.1 Å².